The van der Waals surface area contributed by atoms with Crippen molar-refractivity contribution in [1.29, 1.82) is 0 Å². The molecule has 1 aromatic heterocycles. The van der Waals surface area contributed by atoms with Crippen LogP contribution in [0, 0.1) is 0 Å². The maximum absolute atomic E-state index is 12.1. The monoisotopic (exact) mass is 388 g/mol. The third kappa shape index (κ3) is 4.60. The van der Waals surface area contributed by atoms with Crippen molar-refractivity contribution in [2.24, 2.45) is 0 Å². The highest BCUT2D eigenvalue weighted by Crippen LogP contribution is 2.29. The molecule has 0 bridgehead atoms. The molecule has 1 aliphatic rings. The first kappa shape index (κ1) is 19.5. The summed E-state index contributed by atoms with van der Waals surface area (Å²) in [4.78, 5) is 17.0. The summed E-state index contributed by atoms with van der Waals surface area (Å²) in [5.41, 5.74) is 2.63. The second-order valence-corrected chi connectivity index (χ2v) is 7.58. The van der Waals surface area contributed by atoms with Gasteiger partial charge in [0.2, 0.25) is 0 Å². The summed E-state index contributed by atoms with van der Waals surface area (Å²) in [7, 11) is 0. The predicted octanol–water partition coefficient (Wildman–Crippen LogP) is 4.80. The van der Waals surface area contributed by atoms with Crippen LogP contribution in [-0.2, 0) is 0 Å². The number of benzene rings is 2. The first-order valence-corrected chi connectivity index (χ1v) is 10.5. The van der Waals surface area contributed by atoms with Crippen LogP contribution in [0.3, 0.4) is 0 Å². The Hall–Kier alpha value is -2.85. The molecule has 2 aromatic carbocycles. The number of nitrogens with zero attached hydrogens (tertiary/aromatic N) is 2. The SMILES string of the molecule is CCN(c1cc(=O)oc2ccccc12)C1CCN(C/C=C/c2ccccc2)CC1. The Morgan fingerprint density at radius 2 is 1.79 bits per heavy atom. The molecule has 150 valence electrons. The van der Waals surface area contributed by atoms with Crippen LogP contribution < -0.4 is 10.5 Å². The molecular weight excluding hydrogens is 360 g/mol. The molecule has 0 amide bonds. The van der Waals surface area contributed by atoms with E-state index in [0.717, 1.165) is 50.1 Å². The molecule has 4 heteroatoms. The Morgan fingerprint density at radius 1 is 1.07 bits per heavy atom. The van der Waals surface area contributed by atoms with Crippen LogP contribution in [0.5, 0.6) is 0 Å². The van der Waals surface area contributed by atoms with Gasteiger partial charge in [-0.2, -0.15) is 0 Å². The van der Waals surface area contributed by atoms with Gasteiger partial charge in [0.1, 0.15) is 5.58 Å². The lowest BCUT2D eigenvalue weighted by molar-refractivity contribution is 0.229. The summed E-state index contributed by atoms with van der Waals surface area (Å²) in [5.74, 6) is 0. The van der Waals surface area contributed by atoms with Crippen molar-refractivity contribution < 1.29 is 4.42 Å². The number of piperidine rings is 1. The quantitative estimate of drug-likeness (QED) is 0.569. The molecular formula is C25H28N2O2. The Balaban J connectivity index is 1.42. The van der Waals surface area contributed by atoms with Crippen molar-refractivity contribution in [1.82, 2.24) is 4.90 Å². The summed E-state index contributed by atoms with van der Waals surface area (Å²) in [5, 5.41) is 1.02. The van der Waals surface area contributed by atoms with Crippen molar-refractivity contribution in [3.05, 3.63) is 82.7 Å². The summed E-state index contributed by atoms with van der Waals surface area (Å²) < 4.78 is 5.38. The molecule has 0 aliphatic carbocycles. The van der Waals surface area contributed by atoms with E-state index in [-0.39, 0.29) is 5.63 Å². The summed E-state index contributed by atoms with van der Waals surface area (Å²) in [6.07, 6.45) is 6.64. The van der Waals surface area contributed by atoms with E-state index in [1.165, 1.54) is 5.56 Å². The lowest BCUT2D eigenvalue weighted by Crippen LogP contribution is -2.45. The highest BCUT2D eigenvalue weighted by Gasteiger charge is 2.25. The number of hydrogen-bond donors (Lipinski definition) is 0. The zero-order valence-electron chi connectivity index (χ0n) is 17.0. The fourth-order valence-corrected chi connectivity index (χ4v) is 4.27. The summed E-state index contributed by atoms with van der Waals surface area (Å²) in [6, 6.07) is 20.4. The highest BCUT2D eigenvalue weighted by atomic mass is 16.4. The molecule has 0 unspecified atom stereocenters. The first-order valence-electron chi connectivity index (χ1n) is 10.5. The Morgan fingerprint density at radius 3 is 2.55 bits per heavy atom. The third-order valence-electron chi connectivity index (χ3n) is 5.75. The molecule has 0 saturated carbocycles. The number of anilines is 1. The fraction of sp³-hybridized carbons (Fsp3) is 0.320. The number of hydrogen-bond acceptors (Lipinski definition) is 4. The van der Waals surface area contributed by atoms with Gasteiger partial charge in [0, 0.05) is 43.7 Å². The van der Waals surface area contributed by atoms with Gasteiger partial charge in [-0.3, -0.25) is 4.90 Å². The van der Waals surface area contributed by atoms with E-state index in [4.69, 9.17) is 4.42 Å². The lowest BCUT2D eigenvalue weighted by Gasteiger charge is -2.39. The van der Waals surface area contributed by atoms with Crippen LogP contribution in [0.15, 0.2) is 76.0 Å². The average Bonchev–Trinajstić information content (AvgIpc) is 2.76. The molecule has 0 N–H and O–H groups in total. The molecule has 1 fully saturated rings. The number of fused-ring (bicyclic) bond motifs is 1. The van der Waals surface area contributed by atoms with E-state index < -0.39 is 0 Å². The van der Waals surface area contributed by atoms with E-state index in [0.29, 0.717) is 11.6 Å². The lowest BCUT2D eigenvalue weighted by atomic mass is 10.0. The average molecular weight is 389 g/mol. The molecule has 2 heterocycles. The Bertz CT molecular complexity index is 1020. The van der Waals surface area contributed by atoms with Gasteiger partial charge < -0.3 is 9.32 Å². The van der Waals surface area contributed by atoms with Crippen molar-refractivity contribution in [3.8, 4) is 0 Å². The minimum Gasteiger partial charge on any atom is -0.423 e. The molecule has 0 radical (unpaired) electrons. The predicted molar refractivity (Wildman–Crippen MR) is 120 cm³/mol. The molecule has 3 aromatic rings. The van der Waals surface area contributed by atoms with Gasteiger partial charge >= 0.3 is 5.63 Å². The molecule has 1 saturated heterocycles. The van der Waals surface area contributed by atoms with Gasteiger partial charge in [-0.1, -0.05) is 54.6 Å². The standard InChI is InChI=1S/C25H28N2O2/c1-2-27(23-19-25(28)29-24-13-7-6-12-22(23)24)21-14-17-26(18-15-21)16-8-11-20-9-4-3-5-10-20/h3-13,19,21H,2,14-18H2,1H3/b11-8+. The maximum Gasteiger partial charge on any atom is 0.338 e. The summed E-state index contributed by atoms with van der Waals surface area (Å²) >= 11 is 0. The largest absolute Gasteiger partial charge is 0.423 e. The molecule has 4 rings (SSSR count). The van der Waals surface area contributed by atoms with Gasteiger partial charge in [-0.25, -0.2) is 4.79 Å². The smallest absolute Gasteiger partial charge is 0.338 e. The minimum atomic E-state index is -0.277. The van der Waals surface area contributed by atoms with Crippen LogP contribution in [0.1, 0.15) is 25.3 Å². The molecule has 0 spiro atoms. The van der Waals surface area contributed by atoms with Crippen molar-refractivity contribution in [3.63, 3.8) is 0 Å². The van der Waals surface area contributed by atoms with Crippen LogP contribution in [0.4, 0.5) is 5.69 Å². The molecule has 4 nitrogen and oxygen atoms in total. The van der Waals surface area contributed by atoms with E-state index >= 15 is 0 Å². The van der Waals surface area contributed by atoms with Crippen molar-refractivity contribution >= 4 is 22.7 Å². The van der Waals surface area contributed by atoms with Crippen molar-refractivity contribution in [2.45, 2.75) is 25.8 Å². The van der Waals surface area contributed by atoms with Gasteiger partial charge in [0.25, 0.3) is 0 Å². The van der Waals surface area contributed by atoms with Crippen LogP contribution in [-0.4, -0.2) is 37.1 Å². The van der Waals surface area contributed by atoms with Gasteiger partial charge in [-0.05, 0) is 37.5 Å². The van der Waals surface area contributed by atoms with Crippen LogP contribution in [0.25, 0.3) is 17.0 Å². The second-order valence-electron chi connectivity index (χ2n) is 7.58. The van der Waals surface area contributed by atoms with Gasteiger partial charge in [0.15, 0.2) is 0 Å². The minimum absolute atomic E-state index is 0.277. The van der Waals surface area contributed by atoms with E-state index in [1.54, 1.807) is 6.07 Å². The normalized spacial score (nSPS) is 15.9. The van der Waals surface area contributed by atoms with Gasteiger partial charge in [-0.15, -0.1) is 0 Å². The highest BCUT2D eigenvalue weighted by molar-refractivity contribution is 5.90. The number of likely N-dealkylation sites (tertiary alicyclic amines) is 1. The van der Waals surface area contributed by atoms with E-state index in [1.807, 2.05) is 30.3 Å². The molecule has 0 atom stereocenters. The second kappa shape index (κ2) is 9.10. The first-order chi connectivity index (χ1) is 14.2. The van der Waals surface area contributed by atoms with Gasteiger partial charge in [0.05, 0.1) is 5.69 Å². The van der Waals surface area contributed by atoms with Crippen LogP contribution >= 0.6 is 0 Å². The third-order valence-corrected chi connectivity index (χ3v) is 5.75. The number of rotatable bonds is 6. The molecule has 1 aliphatic heterocycles. The van der Waals surface area contributed by atoms with E-state index in [9.17, 15) is 4.79 Å². The maximum atomic E-state index is 12.1. The molecule has 29 heavy (non-hydrogen) atoms. The number of para-hydroxylation sites is 1. The Kier molecular flexibility index (Phi) is 6.11. The zero-order valence-corrected chi connectivity index (χ0v) is 17.0. The zero-order chi connectivity index (χ0) is 20.1. The topological polar surface area (TPSA) is 36.7 Å². The van der Waals surface area contributed by atoms with E-state index in [2.05, 4.69) is 53.1 Å². The summed E-state index contributed by atoms with van der Waals surface area (Å²) in [6.45, 7) is 6.16. The Labute approximate surface area is 172 Å². The van der Waals surface area contributed by atoms with Crippen LogP contribution in [0.2, 0.25) is 0 Å². The fourth-order valence-electron chi connectivity index (χ4n) is 4.27. The van der Waals surface area contributed by atoms with Crippen molar-refractivity contribution in [2.75, 3.05) is 31.1 Å².